The number of nitro groups is 1. The van der Waals surface area contributed by atoms with Crippen LogP contribution in [0.3, 0.4) is 0 Å². The molecule has 1 aliphatic rings. The highest BCUT2D eigenvalue weighted by Gasteiger charge is 2.37. The van der Waals surface area contributed by atoms with Crippen molar-refractivity contribution in [3.8, 4) is 5.75 Å². The van der Waals surface area contributed by atoms with Gasteiger partial charge in [0.2, 0.25) is 0 Å². The molecule has 0 aliphatic carbocycles. The zero-order valence-electron chi connectivity index (χ0n) is 15.2. The van der Waals surface area contributed by atoms with Gasteiger partial charge < -0.3 is 4.74 Å². The van der Waals surface area contributed by atoms with Crippen molar-refractivity contribution in [3.05, 3.63) is 69.8 Å². The quantitative estimate of drug-likeness (QED) is 0.329. The van der Waals surface area contributed by atoms with E-state index in [2.05, 4.69) is 0 Å². The number of para-hydroxylation sites is 1. The predicted molar refractivity (Wildman–Crippen MR) is 99.2 cm³/mol. The minimum Gasteiger partial charge on any atom is -0.480 e. The number of fused-ring (bicyclic) bond motifs is 1. The Morgan fingerprint density at radius 1 is 1.18 bits per heavy atom. The topological polar surface area (TPSA) is 107 Å². The summed E-state index contributed by atoms with van der Waals surface area (Å²) in [4.78, 5) is 49.6. The number of nitrogens with zero attached hydrogens (tertiary/aromatic N) is 2. The lowest BCUT2D eigenvalue weighted by atomic mass is 10.1. The number of carbonyl (C=O) groups is 3. The van der Waals surface area contributed by atoms with Crippen LogP contribution in [0, 0.1) is 10.1 Å². The van der Waals surface area contributed by atoms with Crippen molar-refractivity contribution in [2.75, 3.05) is 6.54 Å². The first kappa shape index (κ1) is 19.2. The normalized spacial score (nSPS) is 16.2. The van der Waals surface area contributed by atoms with Gasteiger partial charge in [-0.1, -0.05) is 37.6 Å². The zero-order valence-corrected chi connectivity index (χ0v) is 15.2. The second-order valence-corrected chi connectivity index (χ2v) is 6.35. The summed E-state index contributed by atoms with van der Waals surface area (Å²) in [5.41, 5.74) is 0.0125. The number of Topliss-reactive ketones (excluding diaryl/α,β-unsaturated/α-hetero) is 1. The maximum absolute atomic E-state index is 12.9. The van der Waals surface area contributed by atoms with Crippen LogP contribution >= 0.6 is 0 Å². The minimum atomic E-state index is -0.879. The number of hydrogen-bond donors (Lipinski definition) is 0. The van der Waals surface area contributed by atoms with Gasteiger partial charge in [-0.3, -0.25) is 29.4 Å². The van der Waals surface area contributed by atoms with E-state index < -0.39 is 35.2 Å². The molecule has 0 spiro atoms. The average Bonchev–Trinajstić information content (AvgIpc) is 2.79. The molecule has 1 aliphatic heterocycles. The van der Waals surface area contributed by atoms with Gasteiger partial charge in [-0.05, 0) is 18.6 Å². The molecule has 8 nitrogen and oxygen atoms in total. The van der Waals surface area contributed by atoms with Crippen molar-refractivity contribution in [1.82, 2.24) is 4.90 Å². The smallest absolute Gasteiger partial charge is 0.270 e. The molecule has 28 heavy (non-hydrogen) atoms. The highest BCUT2D eigenvalue weighted by molar-refractivity contribution is 6.12. The van der Waals surface area contributed by atoms with E-state index in [0.29, 0.717) is 18.6 Å². The van der Waals surface area contributed by atoms with E-state index in [-0.39, 0.29) is 16.8 Å². The molecule has 0 fully saturated rings. The first-order valence-electron chi connectivity index (χ1n) is 8.81. The van der Waals surface area contributed by atoms with Crippen LogP contribution in [0.15, 0.2) is 48.5 Å². The van der Waals surface area contributed by atoms with E-state index in [1.54, 1.807) is 18.2 Å². The van der Waals surface area contributed by atoms with Gasteiger partial charge >= 0.3 is 0 Å². The lowest BCUT2D eigenvalue weighted by molar-refractivity contribution is -0.384. The third-order valence-electron chi connectivity index (χ3n) is 4.40. The van der Waals surface area contributed by atoms with Crippen LogP contribution in [0.25, 0.3) is 0 Å². The van der Waals surface area contributed by atoms with Crippen LogP contribution in [0.2, 0.25) is 0 Å². The number of carbonyl (C=O) groups excluding carboxylic acids is 3. The molecular formula is C20H18N2O6. The van der Waals surface area contributed by atoms with Crippen LogP contribution in [0.1, 0.15) is 40.5 Å². The largest absolute Gasteiger partial charge is 0.480 e. The summed E-state index contributed by atoms with van der Waals surface area (Å²) < 4.78 is 5.74. The van der Waals surface area contributed by atoms with Crippen molar-refractivity contribution >= 4 is 23.3 Å². The van der Waals surface area contributed by atoms with Crippen molar-refractivity contribution < 1.29 is 24.0 Å². The molecule has 1 heterocycles. The number of rotatable bonds is 6. The van der Waals surface area contributed by atoms with Crippen molar-refractivity contribution in [2.45, 2.75) is 25.9 Å². The van der Waals surface area contributed by atoms with Gasteiger partial charge in [0.25, 0.3) is 17.5 Å². The van der Waals surface area contributed by atoms with Gasteiger partial charge in [-0.25, -0.2) is 0 Å². The molecule has 0 saturated heterocycles. The third-order valence-corrected chi connectivity index (χ3v) is 4.40. The lowest BCUT2D eigenvalue weighted by Crippen LogP contribution is -2.45. The fourth-order valence-electron chi connectivity index (χ4n) is 2.99. The maximum Gasteiger partial charge on any atom is 0.270 e. The molecule has 0 unspecified atom stereocenters. The summed E-state index contributed by atoms with van der Waals surface area (Å²) in [7, 11) is 0. The molecule has 1 atom stereocenters. The molecule has 2 aromatic rings. The van der Waals surface area contributed by atoms with Crippen LogP contribution in [0.4, 0.5) is 5.69 Å². The van der Waals surface area contributed by atoms with Gasteiger partial charge in [0.15, 0.2) is 11.9 Å². The summed E-state index contributed by atoms with van der Waals surface area (Å²) in [6.07, 6.45) is 0.164. The van der Waals surface area contributed by atoms with Gasteiger partial charge in [-0.2, -0.15) is 0 Å². The molecule has 8 heteroatoms. The van der Waals surface area contributed by atoms with Crippen molar-refractivity contribution in [1.29, 1.82) is 0 Å². The van der Waals surface area contributed by atoms with Gasteiger partial charge in [0, 0.05) is 17.7 Å². The van der Waals surface area contributed by atoms with E-state index in [0.717, 1.165) is 11.0 Å². The van der Waals surface area contributed by atoms with E-state index >= 15 is 0 Å². The Morgan fingerprint density at radius 2 is 1.93 bits per heavy atom. The average molecular weight is 382 g/mol. The summed E-state index contributed by atoms with van der Waals surface area (Å²) >= 11 is 0. The third kappa shape index (κ3) is 3.75. The highest BCUT2D eigenvalue weighted by atomic mass is 16.6. The fraction of sp³-hybridized carbons (Fsp3) is 0.250. The summed E-state index contributed by atoms with van der Waals surface area (Å²) in [6.45, 7) is 1.37. The van der Waals surface area contributed by atoms with Crippen LogP contribution in [-0.2, 0) is 4.79 Å². The lowest BCUT2D eigenvalue weighted by Gasteiger charge is -2.21. The highest BCUT2D eigenvalue weighted by Crippen LogP contribution is 2.27. The fourth-order valence-corrected chi connectivity index (χ4v) is 2.99. The molecule has 0 radical (unpaired) electrons. The van der Waals surface area contributed by atoms with Crippen LogP contribution < -0.4 is 4.74 Å². The number of ketones is 1. The van der Waals surface area contributed by atoms with Crippen molar-refractivity contribution in [2.24, 2.45) is 0 Å². The maximum atomic E-state index is 12.9. The molecule has 0 aromatic heterocycles. The molecule has 0 bridgehead atoms. The molecule has 0 N–H and O–H groups in total. The van der Waals surface area contributed by atoms with E-state index in [4.69, 9.17) is 4.74 Å². The minimum absolute atomic E-state index is 0.0558. The van der Waals surface area contributed by atoms with E-state index in [1.165, 1.54) is 24.3 Å². The number of imide groups is 1. The SMILES string of the molecule is CCC[C@H]1Oc2ccccc2C(=O)N(CC(=O)c2cccc([N+](=O)[O-])c2)C1=O. The summed E-state index contributed by atoms with van der Waals surface area (Å²) in [5.74, 6) is -1.50. The van der Waals surface area contributed by atoms with Gasteiger partial charge in [-0.15, -0.1) is 0 Å². The Balaban J connectivity index is 1.93. The Kier molecular flexibility index (Phi) is 5.49. The Bertz CT molecular complexity index is 955. The van der Waals surface area contributed by atoms with Crippen LogP contribution in [0.5, 0.6) is 5.75 Å². The molecule has 0 saturated carbocycles. The van der Waals surface area contributed by atoms with Gasteiger partial charge in [0.1, 0.15) is 5.75 Å². The summed E-state index contributed by atoms with van der Waals surface area (Å²) in [5, 5.41) is 10.9. The standard InChI is InChI=1S/C20H18N2O6/c1-2-6-18-20(25)21(19(24)15-9-3-4-10-17(15)28-18)12-16(23)13-7-5-8-14(11-13)22(26)27/h3-5,7-11,18H,2,6,12H2,1H3/t18-/m1/s1. The number of hydrogen-bond acceptors (Lipinski definition) is 6. The monoisotopic (exact) mass is 382 g/mol. The Morgan fingerprint density at radius 3 is 2.64 bits per heavy atom. The number of benzene rings is 2. The molecule has 2 aromatic carbocycles. The first-order valence-corrected chi connectivity index (χ1v) is 8.81. The van der Waals surface area contributed by atoms with Crippen LogP contribution in [-0.4, -0.2) is 40.1 Å². The second kappa shape index (κ2) is 7.99. The van der Waals surface area contributed by atoms with E-state index in [1.807, 2.05) is 6.92 Å². The Hall–Kier alpha value is -3.55. The zero-order chi connectivity index (χ0) is 20.3. The molecular weight excluding hydrogens is 364 g/mol. The Labute approximate surface area is 160 Å². The number of nitro benzene ring substituents is 1. The first-order chi connectivity index (χ1) is 13.4. The number of non-ortho nitro benzene ring substituents is 1. The van der Waals surface area contributed by atoms with E-state index in [9.17, 15) is 24.5 Å². The molecule has 2 amide bonds. The number of amides is 2. The van der Waals surface area contributed by atoms with Gasteiger partial charge in [0.05, 0.1) is 17.0 Å². The second-order valence-electron chi connectivity index (χ2n) is 6.35. The summed E-state index contributed by atoms with van der Waals surface area (Å²) in [6, 6.07) is 11.7. The number of ether oxygens (including phenoxy) is 1. The predicted octanol–water partition coefficient (Wildman–Crippen LogP) is 3.01. The molecule has 144 valence electrons. The molecule has 3 rings (SSSR count). The van der Waals surface area contributed by atoms with Crippen molar-refractivity contribution in [3.63, 3.8) is 0 Å².